The van der Waals surface area contributed by atoms with Crippen LogP contribution >= 0.6 is 0 Å². The summed E-state index contributed by atoms with van der Waals surface area (Å²) in [5.41, 5.74) is 0.483. The molecule has 0 bridgehead atoms. The summed E-state index contributed by atoms with van der Waals surface area (Å²) in [5.74, 6) is -2.31. The van der Waals surface area contributed by atoms with Crippen LogP contribution in [0.15, 0.2) is 30.5 Å². The van der Waals surface area contributed by atoms with E-state index >= 15 is 0 Å². The lowest BCUT2D eigenvalue weighted by Gasteiger charge is -2.13. The zero-order valence-electron chi connectivity index (χ0n) is 15.6. The number of nitrogens with zero attached hydrogens (tertiary/aromatic N) is 4. The number of aromatic nitrogens is 4. The third kappa shape index (κ3) is 4.47. The summed E-state index contributed by atoms with van der Waals surface area (Å²) in [7, 11) is 0. The number of rotatable bonds is 6. The van der Waals surface area contributed by atoms with E-state index < -0.39 is 29.2 Å². The van der Waals surface area contributed by atoms with E-state index in [1.807, 2.05) is 0 Å². The zero-order chi connectivity index (χ0) is 21.1. The Morgan fingerprint density at radius 1 is 1.34 bits per heavy atom. The average molecular weight is 400 g/mol. The van der Waals surface area contributed by atoms with Crippen LogP contribution in [0.5, 0.6) is 0 Å². The van der Waals surface area contributed by atoms with E-state index in [9.17, 15) is 18.7 Å². The first-order chi connectivity index (χ1) is 13.8. The zero-order valence-corrected chi connectivity index (χ0v) is 15.6. The van der Waals surface area contributed by atoms with Crippen molar-refractivity contribution in [3.05, 3.63) is 59.0 Å². The highest BCUT2D eigenvalue weighted by molar-refractivity contribution is 5.92. The predicted octanol–water partition coefficient (Wildman–Crippen LogP) is 2.29. The highest BCUT2D eigenvalue weighted by Crippen LogP contribution is 2.22. The van der Waals surface area contributed by atoms with Crippen molar-refractivity contribution in [2.45, 2.75) is 32.5 Å². The number of aliphatic hydroxyl groups is 1. The van der Waals surface area contributed by atoms with Gasteiger partial charge in [-0.15, -0.1) is 0 Å². The molecular formula is C19H18F2N6O2. The lowest BCUT2D eigenvalue weighted by molar-refractivity contribution is 0.0931. The molecule has 3 rings (SSSR count). The van der Waals surface area contributed by atoms with Crippen molar-refractivity contribution in [3.63, 3.8) is 0 Å². The minimum absolute atomic E-state index is 0.150. The van der Waals surface area contributed by atoms with Crippen LogP contribution in [-0.2, 0) is 6.54 Å². The summed E-state index contributed by atoms with van der Waals surface area (Å²) in [6, 6.07) is 6.30. The number of nitrogens with one attached hydrogen (secondary N) is 2. The molecule has 3 aromatic rings. The predicted molar refractivity (Wildman–Crippen MR) is 98.4 cm³/mol. The molecule has 1 unspecified atom stereocenters. The van der Waals surface area contributed by atoms with Gasteiger partial charge in [0, 0.05) is 17.8 Å². The summed E-state index contributed by atoms with van der Waals surface area (Å²) < 4.78 is 29.1. The quantitative estimate of drug-likeness (QED) is 0.586. The van der Waals surface area contributed by atoms with E-state index in [0.717, 1.165) is 12.1 Å². The molecule has 150 valence electrons. The third-order valence-electron chi connectivity index (χ3n) is 4.21. The van der Waals surface area contributed by atoms with Crippen molar-refractivity contribution in [2.75, 3.05) is 0 Å². The van der Waals surface area contributed by atoms with Gasteiger partial charge in [-0.3, -0.25) is 14.6 Å². The number of aromatic amines is 1. The van der Waals surface area contributed by atoms with Crippen molar-refractivity contribution in [1.29, 1.82) is 5.26 Å². The normalized spacial score (nSPS) is 13.0. The van der Waals surface area contributed by atoms with Gasteiger partial charge in [-0.05, 0) is 38.1 Å². The van der Waals surface area contributed by atoms with Gasteiger partial charge in [0.05, 0.1) is 24.0 Å². The van der Waals surface area contributed by atoms with Crippen LogP contribution in [-0.4, -0.2) is 37.0 Å². The number of carbonyl (C=O) groups is 1. The lowest BCUT2D eigenvalue weighted by Crippen LogP contribution is -2.36. The lowest BCUT2D eigenvalue weighted by atomic mass is 10.1. The van der Waals surface area contributed by atoms with E-state index in [2.05, 4.69) is 20.6 Å². The number of benzene rings is 1. The second-order valence-corrected chi connectivity index (χ2v) is 6.61. The number of nitriles is 1. The van der Waals surface area contributed by atoms with Crippen molar-refractivity contribution in [3.8, 4) is 17.3 Å². The van der Waals surface area contributed by atoms with Crippen LogP contribution in [0.25, 0.3) is 11.3 Å². The van der Waals surface area contributed by atoms with Gasteiger partial charge >= 0.3 is 0 Å². The topological polar surface area (TPSA) is 120 Å². The fraction of sp³-hybridized carbons (Fsp3) is 0.263. The van der Waals surface area contributed by atoms with Crippen molar-refractivity contribution in [1.82, 2.24) is 25.3 Å². The fourth-order valence-electron chi connectivity index (χ4n) is 2.74. The Hall–Kier alpha value is -3.58. The number of amides is 1. The smallest absolute Gasteiger partial charge is 0.272 e. The van der Waals surface area contributed by atoms with E-state index in [4.69, 9.17) is 5.26 Å². The first-order valence-electron chi connectivity index (χ1n) is 8.75. The molecule has 1 aromatic carbocycles. The molecule has 0 saturated carbocycles. The molecule has 0 aliphatic carbocycles. The molecule has 0 aliphatic heterocycles. The molecular weight excluding hydrogens is 382 g/mol. The second-order valence-electron chi connectivity index (χ2n) is 6.61. The van der Waals surface area contributed by atoms with E-state index in [-0.39, 0.29) is 17.3 Å². The van der Waals surface area contributed by atoms with Gasteiger partial charge in [0.1, 0.15) is 29.0 Å². The Morgan fingerprint density at radius 3 is 2.62 bits per heavy atom. The first kappa shape index (κ1) is 20.2. The molecule has 0 aliphatic rings. The molecule has 0 saturated heterocycles. The maximum absolute atomic E-state index is 13.8. The van der Waals surface area contributed by atoms with E-state index in [1.165, 1.54) is 16.8 Å². The maximum atomic E-state index is 13.8. The summed E-state index contributed by atoms with van der Waals surface area (Å²) in [5, 5.41) is 31.7. The molecule has 0 spiro atoms. The van der Waals surface area contributed by atoms with Gasteiger partial charge in [-0.25, -0.2) is 8.78 Å². The Morgan fingerprint density at radius 2 is 2.03 bits per heavy atom. The minimum Gasteiger partial charge on any atom is -0.387 e. The van der Waals surface area contributed by atoms with Crippen molar-refractivity contribution < 1.29 is 18.7 Å². The summed E-state index contributed by atoms with van der Waals surface area (Å²) in [6.07, 6.45) is 0.854. The largest absolute Gasteiger partial charge is 0.387 e. The maximum Gasteiger partial charge on any atom is 0.272 e. The Labute approximate surface area is 164 Å². The summed E-state index contributed by atoms with van der Waals surface area (Å²) >= 11 is 0. The van der Waals surface area contributed by atoms with Crippen molar-refractivity contribution >= 4 is 5.91 Å². The molecule has 0 radical (unpaired) electrons. The Bertz CT molecular complexity index is 1060. The van der Waals surface area contributed by atoms with Crippen LogP contribution in [0.2, 0.25) is 0 Å². The average Bonchev–Trinajstić information content (AvgIpc) is 3.31. The van der Waals surface area contributed by atoms with Crippen LogP contribution in [0, 0.1) is 23.0 Å². The third-order valence-corrected chi connectivity index (χ3v) is 4.21. The fourth-order valence-corrected chi connectivity index (χ4v) is 2.74. The van der Waals surface area contributed by atoms with Gasteiger partial charge in [0.2, 0.25) is 0 Å². The van der Waals surface area contributed by atoms with Crippen LogP contribution in [0.4, 0.5) is 8.78 Å². The number of H-pyrrole nitrogens is 1. The monoisotopic (exact) mass is 400 g/mol. The van der Waals surface area contributed by atoms with Crippen LogP contribution in [0.1, 0.15) is 41.7 Å². The van der Waals surface area contributed by atoms with E-state index in [0.29, 0.717) is 17.9 Å². The molecule has 1 amide bonds. The van der Waals surface area contributed by atoms with Gasteiger partial charge < -0.3 is 10.4 Å². The van der Waals surface area contributed by atoms with Crippen molar-refractivity contribution in [2.24, 2.45) is 0 Å². The standard InChI is InChI=1S/C19H18F2N6O2/c1-10(23-19(29)18-7-17(11(2)28)24-25-18)9-27-4-3-16(26-27)12-5-14(20)13(8-22)15(21)6-12/h3-7,10-11,28H,9H2,1-2H3,(H,23,29)(H,24,25)/t10-,11?/m0/s1. The molecule has 2 aromatic heterocycles. The number of aliphatic hydroxyl groups excluding tert-OH is 1. The Balaban J connectivity index is 1.66. The highest BCUT2D eigenvalue weighted by Gasteiger charge is 2.16. The number of hydrogen-bond donors (Lipinski definition) is 3. The first-order valence-corrected chi connectivity index (χ1v) is 8.75. The summed E-state index contributed by atoms with van der Waals surface area (Å²) in [6.45, 7) is 3.63. The SMILES string of the molecule is CC(O)c1cc(C(=O)N[C@@H](C)Cn2ccc(-c3cc(F)c(C#N)c(F)c3)n2)n[nH]1. The molecule has 10 heteroatoms. The second kappa shape index (κ2) is 8.20. The van der Waals surface area contributed by atoms with Gasteiger partial charge in [0.15, 0.2) is 0 Å². The molecule has 29 heavy (non-hydrogen) atoms. The number of hydrogen-bond acceptors (Lipinski definition) is 5. The minimum atomic E-state index is -0.951. The van der Waals surface area contributed by atoms with Crippen LogP contribution < -0.4 is 5.32 Å². The molecule has 8 nitrogen and oxygen atoms in total. The van der Waals surface area contributed by atoms with E-state index in [1.54, 1.807) is 26.1 Å². The molecule has 0 fully saturated rings. The molecule has 2 heterocycles. The number of carbonyl (C=O) groups excluding carboxylic acids is 1. The molecule has 3 N–H and O–H groups in total. The Kier molecular flexibility index (Phi) is 5.70. The van der Waals surface area contributed by atoms with Gasteiger partial charge in [-0.2, -0.15) is 15.5 Å². The number of halogens is 2. The molecule has 2 atom stereocenters. The van der Waals surface area contributed by atoms with Crippen LogP contribution in [0.3, 0.4) is 0 Å². The van der Waals surface area contributed by atoms with Gasteiger partial charge in [0.25, 0.3) is 5.91 Å². The van der Waals surface area contributed by atoms with Gasteiger partial charge in [-0.1, -0.05) is 0 Å². The highest BCUT2D eigenvalue weighted by atomic mass is 19.1. The summed E-state index contributed by atoms with van der Waals surface area (Å²) in [4.78, 5) is 12.2.